The number of ether oxygens (including phenoxy) is 1. The molecule has 2 rings (SSSR count). The zero-order chi connectivity index (χ0) is 13.0. The second-order valence-corrected chi connectivity index (χ2v) is 4.03. The molecule has 1 aromatic heterocycles. The Bertz CT molecular complexity index is 473. The number of carboxylic acid groups (broad SMARTS) is 1. The Kier molecular flexibility index (Phi) is 3.76. The average molecular weight is 250 g/mol. The number of pyridine rings is 1. The van der Waals surface area contributed by atoms with Crippen molar-refractivity contribution in [2.75, 3.05) is 13.2 Å². The van der Waals surface area contributed by atoms with Crippen LogP contribution in [0.5, 0.6) is 5.75 Å². The van der Waals surface area contributed by atoms with Gasteiger partial charge in [-0.25, -0.2) is 4.98 Å². The van der Waals surface area contributed by atoms with E-state index in [2.05, 4.69) is 10.3 Å². The molecule has 0 unspecified atom stereocenters. The molecular formula is C12H14N2O4. The molecule has 1 aromatic rings. The van der Waals surface area contributed by atoms with Gasteiger partial charge in [-0.15, -0.1) is 0 Å². The van der Waals surface area contributed by atoms with Gasteiger partial charge in [-0.3, -0.25) is 9.59 Å². The number of aryl methyl sites for hydroxylation is 1. The molecule has 0 aromatic carbocycles. The van der Waals surface area contributed by atoms with E-state index in [0.29, 0.717) is 12.3 Å². The molecule has 0 atom stereocenters. The van der Waals surface area contributed by atoms with Crippen LogP contribution in [-0.2, 0) is 11.2 Å². The van der Waals surface area contributed by atoms with E-state index in [1.165, 1.54) is 0 Å². The monoisotopic (exact) mass is 250 g/mol. The third-order valence-electron chi connectivity index (χ3n) is 2.65. The lowest BCUT2D eigenvalue weighted by Gasteiger charge is -2.16. The van der Waals surface area contributed by atoms with Crippen molar-refractivity contribution in [3.05, 3.63) is 23.5 Å². The van der Waals surface area contributed by atoms with Gasteiger partial charge in [0.25, 0.3) is 5.91 Å². The van der Waals surface area contributed by atoms with Crippen molar-refractivity contribution >= 4 is 11.9 Å². The summed E-state index contributed by atoms with van der Waals surface area (Å²) in [6.07, 6.45) is 3.24. The number of hydrogen-bond donors (Lipinski definition) is 2. The Labute approximate surface area is 104 Å². The van der Waals surface area contributed by atoms with E-state index in [4.69, 9.17) is 9.84 Å². The number of carboxylic acids is 1. The molecule has 1 aliphatic heterocycles. The van der Waals surface area contributed by atoms with Gasteiger partial charge >= 0.3 is 5.97 Å². The maximum Gasteiger partial charge on any atom is 0.305 e. The molecule has 0 bridgehead atoms. The van der Waals surface area contributed by atoms with Crippen molar-refractivity contribution in [2.45, 2.75) is 19.3 Å². The van der Waals surface area contributed by atoms with Crippen LogP contribution in [0.4, 0.5) is 0 Å². The molecule has 0 spiro atoms. The number of nitrogens with zero attached hydrogens (tertiary/aromatic N) is 1. The Hall–Kier alpha value is -2.11. The molecule has 1 aliphatic rings. The van der Waals surface area contributed by atoms with Crippen LogP contribution in [0.3, 0.4) is 0 Å². The highest BCUT2D eigenvalue weighted by atomic mass is 16.5. The van der Waals surface area contributed by atoms with Crippen LogP contribution in [0.25, 0.3) is 0 Å². The van der Waals surface area contributed by atoms with Crippen molar-refractivity contribution in [1.82, 2.24) is 10.3 Å². The van der Waals surface area contributed by atoms with Crippen LogP contribution < -0.4 is 10.1 Å². The highest BCUT2D eigenvalue weighted by Gasteiger charge is 2.14. The Morgan fingerprint density at radius 3 is 3.11 bits per heavy atom. The zero-order valence-electron chi connectivity index (χ0n) is 9.81. The Morgan fingerprint density at radius 1 is 1.50 bits per heavy atom. The summed E-state index contributed by atoms with van der Waals surface area (Å²) in [7, 11) is 0. The summed E-state index contributed by atoms with van der Waals surface area (Å²) in [5.74, 6) is -0.574. The molecule has 2 N–H and O–H groups in total. The summed E-state index contributed by atoms with van der Waals surface area (Å²) >= 11 is 0. The summed E-state index contributed by atoms with van der Waals surface area (Å²) in [4.78, 5) is 26.0. The summed E-state index contributed by atoms with van der Waals surface area (Å²) in [5.41, 5.74) is 1.27. The SMILES string of the molecule is O=C(O)CCNC(=O)c1cc2c(cn1)OCCC2. The van der Waals surface area contributed by atoms with E-state index in [-0.39, 0.29) is 18.9 Å². The third kappa shape index (κ3) is 2.97. The predicted octanol–water partition coefficient (Wildman–Crippen LogP) is 0.611. The molecule has 96 valence electrons. The fraction of sp³-hybridized carbons (Fsp3) is 0.417. The fourth-order valence-corrected chi connectivity index (χ4v) is 1.75. The molecule has 2 heterocycles. The van der Waals surface area contributed by atoms with Gasteiger partial charge in [-0.2, -0.15) is 0 Å². The second kappa shape index (κ2) is 5.48. The highest BCUT2D eigenvalue weighted by Crippen LogP contribution is 2.23. The third-order valence-corrected chi connectivity index (χ3v) is 2.65. The first kappa shape index (κ1) is 12.3. The highest BCUT2D eigenvalue weighted by molar-refractivity contribution is 5.92. The summed E-state index contributed by atoms with van der Waals surface area (Å²) < 4.78 is 5.40. The minimum atomic E-state index is -0.942. The van der Waals surface area contributed by atoms with Crippen LogP contribution in [-0.4, -0.2) is 35.1 Å². The number of aliphatic carboxylic acids is 1. The van der Waals surface area contributed by atoms with Crippen molar-refractivity contribution in [2.24, 2.45) is 0 Å². The first-order valence-electron chi connectivity index (χ1n) is 5.78. The molecule has 6 nitrogen and oxygen atoms in total. The van der Waals surface area contributed by atoms with E-state index >= 15 is 0 Å². The lowest BCUT2D eigenvalue weighted by atomic mass is 10.1. The minimum Gasteiger partial charge on any atom is -0.492 e. The number of carbonyl (C=O) groups is 2. The van der Waals surface area contributed by atoms with E-state index in [0.717, 1.165) is 24.2 Å². The molecule has 1 amide bonds. The van der Waals surface area contributed by atoms with E-state index in [1.54, 1.807) is 12.3 Å². The van der Waals surface area contributed by atoms with Crippen LogP contribution >= 0.6 is 0 Å². The largest absolute Gasteiger partial charge is 0.492 e. The molecule has 18 heavy (non-hydrogen) atoms. The van der Waals surface area contributed by atoms with Gasteiger partial charge in [-0.05, 0) is 24.5 Å². The summed E-state index contributed by atoms with van der Waals surface area (Å²) in [5, 5.41) is 11.0. The lowest BCUT2D eigenvalue weighted by Crippen LogP contribution is -2.27. The van der Waals surface area contributed by atoms with E-state index < -0.39 is 5.97 Å². The van der Waals surface area contributed by atoms with Crippen molar-refractivity contribution in [1.29, 1.82) is 0 Å². The molecule has 0 saturated carbocycles. The van der Waals surface area contributed by atoms with Crippen LogP contribution in [0.15, 0.2) is 12.3 Å². The van der Waals surface area contributed by atoms with Gasteiger partial charge in [0.15, 0.2) is 0 Å². The van der Waals surface area contributed by atoms with Crippen molar-refractivity contribution in [3.8, 4) is 5.75 Å². The van der Waals surface area contributed by atoms with Gasteiger partial charge in [-0.1, -0.05) is 0 Å². The van der Waals surface area contributed by atoms with Gasteiger partial charge in [0.2, 0.25) is 0 Å². The number of hydrogen-bond acceptors (Lipinski definition) is 4. The number of carbonyl (C=O) groups excluding carboxylic acids is 1. The van der Waals surface area contributed by atoms with Crippen LogP contribution in [0.1, 0.15) is 28.9 Å². The Balaban J connectivity index is 2.00. The number of fused-ring (bicyclic) bond motifs is 1. The average Bonchev–Trinajstić information content (AvgIpc) is 2.37. The van der Waals surface area contributed by atoms with Gasteiger partial charge in [0.1, 0.15) is 11.4 Å². The number of aromatic nitrogens is 1. The molecule has 0 radical (unpaired) electrons. The molecule has 6 heteroatoms. The summed E-state index contributed by atoms with van der Waals surface area (Å²) in [6.45, 7) is 0.780. The quantitative estimate of drug-likeness (QED) is 0.817. The smallest absolute Gasteiger partial charge is 0.305 e. The first-order valence-corrected chi connectivity index (χ1v) is 5.78. The topological polar surface area (TPSA) is 88.5 Å². The Morgan fingerprint density at radius 2 is 2.33 bits per heavy atom. The number of nitrogens with one attached hydrogen (secondary N) is 1. The fourth-order valence-electron chi connectivity index (χ4n) is 1.75. The minimum absolute atomic E-state index is 0.0974. The van der Waals surface area contributed by atoms with Gasteiger partial charge < -0.3 is 15.2 Å². The van der Waals surface area contributed by atoms with Gasteiger partial charge in [0, 0.05) is 6.54 Å². The maximum atomic E-state index is 11.7. The maximum absolute atomic E-state index is 11.7. The number of amides is 1. The second-order valence-electron chi connectivity index (χ2n) is 4.03. The lowest BCUT2D eigenvalue weighted by molar-refractivity contribution is -0.136. The summed E-state index contributed by atoms with van der Waals surface area (Å²) in [6, 6.07) is 1.70. The van der Waals surface area contributed by atoms with Gasteiger partial charge in [0.05, 0.1) is 19.2 Å². The van der Waals surface area contributed by atoms with Crippen LogP contribution in [0, 0.1) is 0 Å². The normalized spacial score (nSPS) is 13.3. The zero-order valence-corrected chi connectivity index (χ0v) is 9.81. The standard InChI is InChI=1S/C12H14N2O4/c15-11(16)3-4-13-12(17)9-6-8-2-1-5-18-10(8)7-14-9/h6-7H,1-5H2,(H,13,17)(H,15,16). The van der Waals surface area contributed by atoms with Crippen molar-refractivity contribution in [3.63, 3.8) is 0 Å². The van der Waals surface area contributed by atoms with Crippen LogP contribution in [0.2, 0.25) is 0 Å². The van der Waals surface area contributed by atoms with Crippen molar-refractivity contribution < 1.29 is 19.4 Å². The molecular weight excluding hydrogens is 236 g/mol. The molecule has 0 fully saturated rings. The molecule has 0 saturated heterocycles. The molecule has 0 aliphatic carbocycles. The number of rotatable bonds is 4. The predicted molar refractivity (Wildman–Crippen MR) is 62.6 cm³/mol. The van der Waals surface area contributed by atoms with E-state index in [9.17, 15) is 9.59 Å². The first-order chi connectivity index (χ1) is 8.66. The van der Waals surface area contributed by atoms with E-state index in [1.807, 2.05) is 0 Å².